The molecule has 6 nitrogen and oxygen atoms in total. The number of hydrogen-bond acceptors (Lipinski definition) is 5. The maximum atomic E-state index is 13.5. The van der Waals surface area contributed by atoms with Crippen molar-refractivity contribution < 1.29 is 13.9 Å². The minimum absolute atomic E-state index is 0.0343. The van der Waals surface area contributed by atoms with Crippen LogP contribution in [0.1, 0.15) is 19.3 Å². The van der Waals surface area contributed by atoms with Gasteiger partial charge in [0.1, 0.15) is 24.1 Å². The zero-order valence-corrected chi connectivity index (χ0v) is 15.6. The van der Waals surface area contributed by atoms with Crippen molar-refractivity contribution in [1.82, 2.24) is 14.8 Å². The zero-order valence-electron chi connectivity index (χ0n) is 15.6. The van der Waals surface area contributed by atoms with Gasteiger partial charge in [0, 0.05) is 42.7 Å². The number of piperidine rings is 1. The predicted molar refractivity (Wildman–Crippen MR) is 102 cm³/mol. The van der Waals surface area contributed by atoms with Crippen LogP contribution in [0, 0.1) is 11.3 Å². The minimum Gasteiger partial charge on any atom is -0.490 e. The summed E-state index contributed by atoms with van der Waals surface area (Å²) in [6, 6.07) is 9.31. The van der Waals surface area contributed by atoms with E-state index in [1.165, 1.54) is 4.90 Å². The third-order valence-electron chi connectivity index (χ3n) is 5.55. The predicted octanol–water partition coefficient (Wildman–Crippen LogP) is 2.54. The molecule has 1 aromatic carbocycles. The average molecular weight is 382 g/mol. The van der Waals surface area contributed by atoms with Gasteiger partial charge in [-0.05, 0) is 25.0 Å². The van der Waals surface area contributed by atoms with Crippen LogP contribution in [0.25, 0.3) is 10.8 Å². The Hall–Kier alpha value is -2.72. The summed E-state index contributed by atoms with van der Waals surface area (Å²) >= 11 is 0. The van der Waals surface area contributed by atoms with Crippen LogP contribution in [0.2, 0.25) is 0 Å². The first kappa shape index (κ1) is 18.6. The third-order valence-corrected chi connectivity index (χ3v) is 5.55. The quantitative estimate of drug-likeness (QED) is 0.813. The van der Waals surface area contributed by atoms with E-state index in [2.05, 4.69) is 9.88 Å². The summed E-state index contributed by atoms with van der Waals surface area (Å²) in [5.41, 5.74) is 0. The minimum atomic E-state index is -1.09. The smallest absolute Gasteiger partial charge is 0.237 e. The van der Waals surface area contributed by atoms with E-state index in [1.807, 2.05) is 36.5 Å². The second kappa shape index (κ2) is 8.11. The molecule has 1 unspecified atom stereocenters. The molecule has 0 spiro atoms. The molecule has 2 atom stereocenters. The molecule has 2 aliphatic rings. The Morgan fingerprint density at radius 3 is 2.93 bits per heavy atom. The average Bonchev–Trinajstić information content (AvgIpc) is 3.11. The van der Waals surface area contributed by atoms with E-state index in [4.69, 9.17) is 10.00 Å². The lowest BCUT2D eigenvalue weighted by atomic mass is 10.1. The van der Waals surface area contributed by atoms with Crippen LogP contribution in [0.15, 0.2) is 36.7 Å². The molecule has 2 saturated heterocycles. The fraction of sp³-hybridized carbons (Fsp3) is 0.476. The number of aromatic nitrogens is 1. The summed E-state index contributed by atoms with van der Waals surface area (Å²) in [4.78, 5) is 20.1. The molecule has 2 fully saturated rings. The molecule has 4 rings (SSSR count). The molecule has 2 aliphatic heterocycles. The van der Waals surface area contributed by atoms with Crippen molar-refractivity contribution in [3.63, 3.8) is 0 Å². The fourth-order valence-electron chi connectivity index (χ4n) is 4.03. The van der Waals surface area contributed by atoms with Gasteiger partial charge in [-0.25, -0.2) is 4.39 Å². The first-order chi connectivity index (χ1) is 13.6. The van der Waals surface area contributed by atoms with Crippen LogP contribution in [-0.4, -0.2) is 65.2 Å². The van der Waals surface area contributed by atoms with Gasteiger partial charge in [-0.15, -0.1) is 0 Å². The Kier molecular flexibility index (Phi) is 5.40. The molecule has 28 heavy (non-hydrogen) atoms. The largest absolute Gasteiger partial charge is 0.490 e. The maximum absolute atomic E-state index is 13.5. The van der Waals surface area contributed by atoms with Crippen LogP contribution in [0.4, 0.5) is 4.39 Å². The van der Waals surface area contributed by atoms with Gasteiger partial charge in [0.05, 0.1) is 19.2 Å². The van der Waals surface area contributed by atoms with Gasteiger partial charge in [-0.3, -0.25) is 14.7 Å². The van der Waals surface area contributed by atoms with E-state index in [0.29, 0.717) is 0 Å². The van der Waals surface area contributed by atoms with Crippen LogP contribution >= 0.6 is 0 Å². The number of carbonyl (C=O) groups is 1. The van der Waals surface area contributed by atoms with E-state index < -0.39 is 12.2 Å². The van der Waals surface area contributed by atoms with Crippen LogP contribution in [0.5, 0.6) is 5.75 Å². The SMILES string of the molecule is N#CC1C[C@H](F)CN1C(=O)CN1CCC(Oc2cccc3cnccc23)CC1. The monoisotopic (exact) mass is 382 g/mol. The van der Waals surface area contributed by atoms with Gasteiger partial charge >= 0.3 is 0 Å². The molecule has 2 aromatic rings. The van der Waals surface area contributed by atoms with Gasteiger partial charge in [-0.1, -0.05) is 12.1 Å². The topological polar surface area (TPSA) is 69.5 Å². The van der Waals surface area contributed by atoms with Crippen LogP contribution < -0.4 is 4.74 Å². The first-order valence-corrected chi connectivity index (χ1v) is 9.69. The lowest BCUT2D eigenvalue weighted by molar-refractivity contribution is -0.133. The van der Waals surface area contributed by atoms with Gasteiger partial charge in [-0.2, -0.15) is 5.26 Å². The van der Waals surface area contributed by atoms with E-state index >= 15 is 0 Å². The molecule has 3 heterocycles. The van der Waals surface area contributed by atoms with Crippen LogP contribution in [-0.2, 0) is 4.79 Å². The van der Waals surface area contributed by atoms with Crippen molar-refractivity contribution in [1.29, 1.82) is 5.26 Å². The maximum Gasteiger partial charge on any atom is 0.237 e. The molecule has 0 saturated carbocycles. The van der Waals surface area contributed by atoms with E-state index in [1.54, 1.807) is 6.20 Å². The number of nitriles is 1. The van der Waals surface area contributed by atoms with Crippen molar-refractivity contribution in [2.24, 2.45) is 0 Å². The number of alkyl halides is 1. The molecule has 0 N–H and O–H groups in total. The molecule has 1 aromatic heterocycles. The lowest BCUT2D eigenvalue weighted by Gasteiger charge is -2.33. The number of likely N-dealkylation sites (tertiary alicyclic amines) is 2. The molecular weight excluding hydrogens is 359 g/mol. The van der Waals surface area contributed by atoms with E-state index in [-0.39, 0.29) is 31.5 Å². The number of nitrogens with zero attached hydrogens (tertiary/aromatic N) is 4. The van der Waals surface area contributed by atoms with Crippen molar-refractivity contribution >= 4 is 16.7 Å². The van der Waals surface area contributed by atoms with Gasteiger partial charge in [0.25, 0.3) is 0 Å². The van der Waals surface area contributed by atoms with Crippen molar-refractivity contribution in [2.45, 2.75) is 37.6 Å². The summed E-state index contributed by atoms with van der Waals surface area (Å²) in [5.74, 6) is 0.699. The third kappa shape index (κ3) is 3.92. The lowest BCUT2D eigenvalue weighted by Crippen LogP contribution is -2.46. The number of ether oxygens (including phenoxy) is 1. The first-order valence-electron chi connectivity index (χ1n) is 9.69. The summed E-state index contributed by atoms with van der Waals surface area (Å²) in [5, 5.41) is 11.2. The normalized spacial score (nSPS) is 23.6. The number of halogens is 1. The van der Waals surface area contributed by atoms with Gasteiger partial charge < -0.3 is 9.64 Å². The Balaban J connectivity index is 1.31. The highest BCUT2D eigenvalue weighted by Crippen LogP contribution is 2.27. The molecule has 146 valence electrons. The zero-order chi connectivity index (χ0) is 19.5. The molecular formula is C21H23FN4O2. The number of carbonyl (C=O) groups excluding carboxylic acids is 1. The second-order valence-electron chi connectivity index (χ2n) is 7.47. The standard InChI is InChI=1S/C21H23FN4O2/c22-16-10-17(11-23)26(13-16)21(27)14-25-8-5-18(6-9-25)28-20-3-1-2-15-12-24-7-4-19(15)20/h1-4,7,12,16-18H,5-6,8-10,13-14H2/t16-,17?/m0/s1. The van der Waals surface area contributed by atoms with Crippen molar-refractivity contribution in [3.05, 3.63) is 36.7 Å². The summed E-state index contributed by atoms with van der Waals surface area (Å²) in [6.45, 7) is 1.75. The number of rotatable bonds is 4. The number of pyridine rings is 1. The van der Waals surface area contributed by atoms with Crippen LogP contribution in [0.3, 0.4) is 0 Å². The van der Waals surface area contributed by atoms with Crippen molar-refractivity contribution in [2.75, 3.05) is 26.2 Å². The number of fused-ring (bicyclic) bond motifs is 1. The number of benzene rings is 1. The summed E-state index contributed by atoms with van der Waals surface area (Å²) in [7, 11) is 0. The summed E-state index contributed by atoms with van der Waals surface area (Å²) < 4.78 is 19.8. The summed E-state index contributed by atoms with van der Waals surface area (Å²) in [6.07, 6.45) is 4.36. The molecule has 0 bridgehead atoms. The Bertz CT molecular complexity index is 886. The fourth-order valence-corrected chi connectivity index (χ4v) is 4.03. The van der Waals surface area contributed by atoms with Gasteiger partial charge in [0.15, 0.2) is 0 Å². The van der Waals surface area contributed by atoms with E-state index in [9.17, 15) is 9.18 Å². The number of amides is 1. The molecule has 1 amide bonds. The Morgan fingerprint density at radius 1 is 1.32 bits per heavy atom. The molecule has 7 heteroatoms. The second-order valence-corrected chi connectivity index (χ2v) is 7.47. The van der Waals surface area contributed by atoms with Crippen molar-refractivity contribution in [3.8, 4) is 11.8 Å². The Morgan fingerprint density at radius 2 is 2.14 bits per heavy atom. The molecule has 0 aliphatic carbocycles. The number of hydrogen-bond donors (Lipinski definition) is 0. The molecule has 0 radical (unpaired) electrons. The highest BCUT2D eigenvalue weighted by atomic mass is 19.1. The van der Waals surface area contributed by atoms with Gasteiger partial charge in [0.2, 0.25) is 5.91 Å². The van der Waals surface area contributed by atoms with E-state index in [0.717, 1.165) is 42.5 Å². The Labute approximate surface area is 163 Å². The highest BCUT2D eigenvalue weighted by Gasteiger charge is 2.36. The highest BCUT2D eigenvalue weighted by molar-refractivity contribution is 5.87.